The Morgan fingerprint density at radius 2 is 1.78 bits per heavy atom. The molecule has 4 heterocycles. The van der Waals surface area contributed by atoms with Crippen LogP contribution in [0.1, 0.15) is 41.5 Å². The number of likely N-dealkylation sites (tertiary alicyclic amines) is 1. The molecule has 0 bridgehead atoms. The zero-order chi connectivity index (χ0) is 25.4. The highest BCUT2D eigenvalue weighted by molar-refractivity contribution is 5.81. The van der Waals surface area contributed by atoms with Crippen LogP contribution in [0.2, 0.25) is 0 Å². The third kappa shape index (κ3) is 4.64. The minimum absolute atomic E-state index is 0.00973. The predicted molar refractivity (Wildman–Crippen MR) is 145 cm³/mol. The van der Waals surface area contributed by atoms with Crippen LogP contribution in [-0.2, 0) is 28.0 Å². The second kappa shape index (κ2) is 9.92. The molecule has 3 aliphatic heterocycles. The van der Waals surface area contributed by atoms with Crippen LogP contribution in [0, 0.1) is 5.92 Å². The van der Waals surface area contributed by atoms with Crippen LogP contribution in [0.4, 0.5) is 5.82 Å². The average molecular weight is 497 g/mol. The van der Waals surface area contributed by atoms with Gasteiger partial charge in [0, 0.05) is 37.2 Å². The van der Waals surface area contributed by atoms with Gasteiger partial charge in [-0.05, 0) is 61.7 Å². The third-order valence-corrected chi connectivity index (χ3v) is 8.51. The summed E-state index contributed by atoms with van der Waals surface area (Å²) in [7, 11) is 2.16. The van der Waals surface area contributed by atoms with E-state index in [-0.39, 0.29) is 23.4 Å². The number of pyridine rings is 1. The molecule has 37 heavy (non-hydrogen) atoms. The van der Waals surface area contributed by atoms with E-state index < -0.39 is 0 Å². The van der Waals surface area contributed by atoms with Crippen molar-refractivity contribution in [3.05, 3.63) is 95.2 Å². The van der Waals surface area contributed by atoms with E-state index >= 15 is 0 Å². The number of nitrogens with zero attached hydrogens (tertiary/aromatic N) is 3. The second-order valence-corrected chi connectivity index (χ2v) is 11.1. The fraction of sp³-hybridized carbons (Fsp3) is 0.419. The highest BCUT2D eigenvalue weighted by Crippen LogP contribution is 2.37. The van der Waals surface area contributed by atoms with Crippen molar-refractivity contribution in [1.82, 2.24) is 14.8 Å². The Morgan fingerprint density at radius 3 is 2.49 bits per heavy atom. The standard InChI is InChI=1S/C31H36N4O2/c1-22-15-24-17-32-29(33-31(20-37-21-31)26-11-7-4-8-12-26)16-25(24)18-35(22)30(36)27-13-14-34(2)19-28(27)23-9-5-3-6-10-23/h3-12,16-17,22,27-28H,13-15,18-21H2,1-2H3,(H,32,33)/t22-,27-,28+/m0/s1. The lowest BCUT2D eigenvalue weighted by molar-refractivity contribution is -0.141. The van der Waals surface area contributed by atoms with Gasteiger partial charge in [0.1, 0.15) is 11.4 Å². The fourth-order valence-electron chi connectivity index (χ4n) is 6.27. The van der Waals surface area contributed by atoms with Gasteiger partial charge < -0.3 is 19.9 Å². The maximum absolute atomic E-state index is 14.1. The highest BCUT2D eigenvalue weighted by Gasteiger charge is 2.42. The van der Waals surface area contributed by atoms with Crippen molar-refractivity contribution in [2.75, 3.05) is 38.7 Å². The monoisotopic (exact) mass is 496 g/mol. The molecule has 6 nitrogen and oxygen atoms in total. The number of likely N-dealkylation sites (N-methyl/N-ethyl adjacent to an activating group) is 1. The lowest BCUT2D eigenvalue weighted by Crippen LogP contribution is -2.53. The normalized spacial score (nSPS) is 25.1. The molecule has 0 radical (unpaired) electrons. The average Bonchev–Trinajstić information content (AvgIpc) is 2.91. The Labute approximate surface area is 219 Å². The molecule has 3 aliphatic rings. The first kappa shape index (κ1) is 24.1. The number of anilines is 1. The van der Waals surface area contributed by atoms with Crippen molar-refractivity contribution >= 4 is 11.7 Å². The number of hydrogen-bond acceptors (Lipinski definition) is 5. The summed E-state index contributed by atoms with van der Waals surface area (Å²) in [6, 6.07) is 23.3. The first-order chi connectivity index (χ1) is 18.0. The molecule has 1 amide bonds. The van der Waals surface area contributed by atoms with Crippen molar-refractivity contribution in [3.8, 4) is 0 Å². The topological polar surface area (TPSA) is 57.7 Å². The number of hydrogen-bond donors (Lipinski definition) is 1. The van der Waals surface area contributed by atoms with E-state index in [4.69, 9.17) is 9.72 Å². The second-order valence-electron chi connectivity index (χ2n) is 11.1. The lowest BCUT2D eigenvalue weighted by Gasteiger charge is -2.43. The minimum atomic E-state index is -0.253. The number of ether oxygens (including phenoxy) is 1. The van der Waals surface area contributed by atoms with E-state index in [1.165, 1.54) is 22.3 Å². The zero-order valence-electron chi connectivity index (χ0n) is 21.8. The van der Waals surface area contributed by atoms with E-state index in [9.17, 15) is 4.79 Å². The first-order valence-electron chi connectivity index (χ1n) is 13.5. The number of aromatic nitrogens is 1. The summed E-state index contributed by atoms with van der Waals surface area (Å²) in [6.45, 7) is 5.93. The van der Waals surface area contributed by atoms with Gasteiger partial charge in [0.2, 0.25) is 5.91 Å². The van der Waals surface area contributed by atoms with Crippen molar-refractivity contribution in [2.24, 2.45) is 5.92 Å². The molecule has 2 saturated heterocycles. The summed E-state index contributed by atoms with van der Waals surface area (Å²) in [4.78, 5) is 23.3. The van der Waals surface area contributed by atoms with Crippen molar-refractivity contribution < 1.29 is 9.53 Å². The number of rotatable bonds is 5. The smallest absolute Gasteiger partial charge is 0.226 e. The molecule has 2 fully saturated rings. The Hall–Kier alpha value is -3.22. The SMILES string of the molecule is C[C@H]1Cc2cnc(NC3(c4ccccc4)COC3)cc2CN1C(=O)[C@H]1CCN(C)C[C@@H]1c1ccccc1. The summed E-state index contributed by atoms with van der Waals surface area (Å²) < 4.78 is 5.61. The van der Waals surface area contributed by atoms with Gasteiger partial charge in [0.25, 0.3) is 0 Å². The van der Waals surface area contributed by atoms with Gasteiger partial charge in [0.15, 0.2) is 0 Å². The summed E-state index contributed by atoms with van der Waals surface area (Å²) in [5.41, 5.74) is 4.65. The molecule has 192 valence electrons. The number of piperidine rings is 1. The van der Waals surface area contributed by atoms with Crippen molar-refractivity contribution in [2.45, 2.75) is 43.8 Å². The van der Waals surface area contributed by atoms with E-state index in [0.29, 0.717) is 25.7 Å². The fourth-order valence-corrected chi connectivity index (χ4v) is 6.27. The van der Waals surface area contributed by atoms with Crippen LogP contribution in [0.15, 0.2) is 72.9 Å². The van der Waals surface area contributed by atoms with Gasteiger partial charge >= 0.3 is 0 Å². The number of benzene rings is 2. The van der Waals surface area contributed by atoms with Gasteiger partial charge in [-0.3, -0.25) is 4.79 Å². The quantitative estimate of drug-likeness (QED) is 0.567. The van der Waals surface area contributed by atoms with Gasteiger partial charge in [-0.2, -0.15) is 0 Å². The van der Waals surface area contributed by atoms with Crippen LogP contribution >= 0.6 is 0 Å². The van der Waals surface area contributed by atoms with E-state index in [0.717, 1.165) is 31.7 Å². The molecule has 0 saturated carbocycles. The minimum Gasteiger partial charge on any atom is -0.376 e. The first-order valence-corrected chi connectivity index (χ1v) is 13.5. The van der Waals surface area contributed by atoms with Gasteiger partial charge in [-0.25, -0.2) is 4.98 Å². The van der Waals surface area contributed by atoms with Crippen molar-refractivity contribution in [3.63, 3.8) is 0 Å². The van der Waals surface area contributed by atoms with Crippen molar-refractivity contribution in [1.29, 1.82) is 0 Å². The van der Waals surface area contributed by atoms with Crippen LogP contribution in [0.5, 0.6) is 0 Å². The zero-order valence-corrected chi connectivity index (χ0v) is 21.8. The Morgan fingerprint density at radius 1 is 1.05 bits per heavy atom. The highest BCUT2D eigenvalue weighted by atomic mass is 16.5. The largest absolute Gasteiger partial charge is 0.376 e. The van der Waals surface area contributed by atoms with E-state index in [2.05, 4.69) is 83.7 Å². The van der Waals surface area contributed by atoms with E-state index in [1.54, 1.807) is 0 Å². The number of fused-ring (bicyclic) bond motifs is 1. The molecular formula is C31H36N4O2. The van der Waals surface area contributed by atoms with Crippen LogP contribution in [0.3, 0.4) is 0 Å². The molecule has 0 aliphatic carbocycles. The summed E-state index contributed by atoms with van der Waals surface area (Å²) in [6.07, 6.45) is 3.73. The lowest BCUT2D eigenvalue weighted by atomic mass is 9.79. The van der Waals surface area contributed by atoms with Crippen LogP contribution in [-0.4, -0.2) is 60.1 Å². The number of amides is 1. The van der Waals surface area contributed by atoms with Gasteiger partial charge in [-0.15, -0.1) is 0 Å². The van der Waals surface area contributed by atoms with Crippen LogP contribution in [0.25, 0.3) is 0 Å². The number of carbonyl (C=O) groups is 1. The molecule has 6 heteroatoms. The molecule has 0 spiro atoms. The van der Waals surface area contributed by atoms with Gasteiger partial charge in [0.05, 0.1) is 13.2 Å². The molecule has 1 aromatic heterocycles. The molecular weight excluding hydrogens is 460 g/mol. The van der Waals surface area contributed by atoms with Crippen LogP contribution < -0.4 is 5.32 Å². The predicted octanol–water partition coefficient (Wildman–Crippen LogP) is 4.43. The molecule has 3 aromatic rings. The molecule has 6 rings (SSSR count). The Bertz CT molecular complexity index is 1240. The maximum Gasteiger partial charge on any atom is 0.226 e. The molecule has 0 unspecified atom stereocenters. The summed E-state index contributed by atoms with van der Waals surface area (Å²) in [5, 5.41) is 3.67. The molecule has 1 N–H and O–H groups in total. The van der Waals surface area contributed by atoms with E-state index in [1.807, 2.05) is 18.3 Å². The summed E-state index contributed by atoms with van der Waals surface area (Å²) in [5.74, 6) is 1.37. The number of carbonyl (C=O) groups excluding carboxylic acids is 1. The molecule has 3 atom stereocenters. The van der Waals surface area contributed by atoms with Gasteiger partial charge in [-0.1, -0.05) is 60.7 Å². The summed E-state index contributed by atoms with van der Waals surface area (Å²) >= 11 is 0. The third-order valence-electron chi connectivity index (χ3n) is 8.51. The Kier molecular flexibility index (Phi) is 6.47. The Balaban J connectivity index is 1.23. The number of nitrogens with one attached hydrogen (secondary N) is 1. The maximum atomic E-state index is 14.1. The molecule has 2 aromatic carbocycles.